The lowest BCUT2D eigenvalue weighted by molar-refractivity contribution is 0.350. The summed E-state index contributed by atoms with van der Waals surface area (Å²) in [6.45, 7) is 1.91. The molecule has 2 heterocycles. The standard InChI is InChI=1S/C13H14N2OS2/c1-10-6-13(15(2)14-10)18-9-12-7-11(8-17-12)4-3-5-16/h6-8,16H,5,9H2,1-2H3. The van der Waals surface area contributed by atoms with Gasteiger partial charge in [0.2, 0.25) is 0 Å². The van der Waals surface area contributed by atoms with Gasteiger partial charge in [-0.25, -0.2) is 0 Å². The average molecular weight is 278 g/mol. The van der Waals surface area contributed by atoms with Crippen molar-refractivity contribution in [3.63, 3.8) is 0 Å². The first kappa shape index (κ1) is 13.2. The third-order valence-electron chi connectivity index (χ3n) is 2.29. The molecule has 0 fully saturated rings. The molecule has 2 aromatic rings. The van der Waals surface area contributed by atoms with Gasteiger partial charge < -0.3 is 5.11 Å². The number of aryl methyl sites for hydroxylation is 2. The van der Waals surface area contributed by atoms with E-state index in [4.69, 9.17) is 5.11 Å². The molecule has 0 unspecified atom stereocenters. The molecular formula is C13H14N2OS2. The number of aliphatic hydroxyl groups excluding tert-OH is 1. The van der Waals surface area contributed by atoms with E-state index in [1.165, 1.54) is 9.90 Å². The van der Waals surface area contributed by atoms with Crippen molar-refractivity contribution in [2.75, 3.05) is 6.61 Å². The Morgan fingerprint density at radius 1 is 1.50 bits per heavy atom. The highest BCUT2D eigenvalue weighted by Gasteiger charge is 2.04. The normalized spacial score (nSPS) is 10.2. The lowest BCUT2D eigenvalue weighted by Gasteiger charge is -1.99. The molecule has 0 saturated heterocycles. The molecule has 0 aliphatic heterocycles. The molecule has 18 heavy (non-hydrogen) atoms. The van der Waals surface area contributed by atoms with Crippen molar-refractivity contribution in [1.82, 2.24) is 9.78 Å². The number of thiophene rings is 1. The second kappa shape index (κ2) is 6.10. The van der Waals surface area contributed by atoms with Gasteiger partial charge in [0.05, 0.1) is 10.7 Å². The van der Waals surface area contributed by atoms with Gasteiger partial charge in [0, 0.05) is 28.6 Å². The van der Waals surface area contributed by atoms with Crippen LogP contribution in [0.25, 0.3) is 0 Å². The van der Waals surface area contributed by atoms with Crippen LogP contribution in [0.2, 0.25) is 0 Å². The lowest BCUT2D eigenvalue weighted by atomic mass is 10.3. The van der Waals surface area contributed by atoms with Crippen LogP contribution in [0.3, 0.4) is 0 Å². The molecular weight excluding hydrogens is 264 g/mol. The summed E-state index contributed by atoms with van der Waals surface area (Å²) in [5.41, 5.74) is 2.02. The van der Waals surface area contributed by atoms with E-state index in [0.29, 0.717) is 0 Å². The van der Waals surface area contributed by atoms with E-state index in [1.54, 1.807) is 23.1 Å². The highest BCUT2D eigenvalue weighted by Crippen LogP contribution is 2.26. The highest BCUT2D eigenvalue weighted by molar-refractivity contribution is 7.98. The minimum atomic E-state index is -0.0891. The Balaban J connectivity index is 1.98. The molecule has 0 radical (unpaired) electrons. The van der Waals surface area contributed by atoms with Gasteiger partial charge in [-0.15, -0.1) is 23.1 Å². The molecule has 2 aromatic heterocycles. The molecule has 0 atom stereocenters. The number of aliphatic hydroxyl groups is 1. The summed E-state index contributed by atoms with van der Waals surface area (Å²) < 4.78 is 1.90. The van der Waals surface area contributed by atoms with Crippen LogP contribution in [0.5, 0.6) is 0 Å². The molecule has 1 N–H and O–H groups in total. The highest BCUT2D eigenvalue weighted by atomic mass is 32.2. The fourth-order valence-corrected chi connectivity index (χ4v) is 3.43. The smallest absolute Gasteiger partial charge is 0.104 e. The molecule has 3 nitrogen and oxygen atoms in total. The molecule has 0 bridgehead atoms. The Hall–Kier alpha value is -1.22. The number of hydrogen-bond acceptors (Lipinski definition) is 4. The number of nitrogens with zero attached hydrogens (tertiary/aromatic N) is 2. The SMILES string of the molecule is Cc1cc(SCc2cc(C#CCO)cs2)n(C)n1. The van der Waals surface area contributed by atoms with E-state index in [9.17, 15) is 0 Å². The first-order chi connectivity index (χ1) is 8.69. The van der Waals surface area contributed by atoms with Crippen molar-refractivity contribution in [2.45, 2.75) is 17.7 Å². The van der Waals surface area contributed by atoms with Crippen LogP contribution >= 0.6 is 23.1 Å². The molecule has 0 saturated carbocycles. The van der Waals surface area contributed by atoms with Crippen molar-refractivity contribution in [2.24, 2.45) is 7.05 Å². The minimum absolute atomic E-state index is 0.0891. The van der Waals surface area contributed by atoms with Gasteiger partial charge in [-0.2, -0.15) is 5.10 Å². The maximum Gasteiger partial charge on any atom is 0.104 e. The van der Waals surface area contributed by atoms with Crippen molar-refractivity contribution in [1.29, 1.82) is 0 Å². The quantitative estimate of drug-likeness (QED) is 0.692. The Morgan fingerprint density at radius 2 is 2.33 bits per heavy atom. The zero-order valence-corrected chi connectivity index (χ0v) is 11.9. The monoisotopic (exact) mass is 278 g/mol. The zero-order chi connectivity index (χ0) is 13.0. The second-order valence-electron chi connectivity index (χ2n) is 3.80. The predicted octanol–water partition coefficient (Wildman–Crippen LogP) is 2.43. The summed E-state index contributed by atoms with van der Waals surface area (Å²) in [6.07, 6.45) is 0. The first-order valence-corrected chi connectivity index (χ1v) is 7.36. The summed E-state index contributed by atoms with van der Waals surface area (Å²) in [5.74, 6) is 6.49. The van der Waals surface area contributed by atoms with E-state index >= 15 is 0 Å². The Kier molecular flexibility index (Phi) is 4.48. The number of hydrogen-bond donors (Lipinski definition) is 1. The van der Waals surface area contributed by atoms with Crippen molar-refractivity contribution in [3.8, 4) is 11.8 Å². The van der Waals surface area contributed by atoms with E-state index in [-0.39, 0.29) is 6.61 Å². The van der Waals surface area contributed by atoms with E-state index in [1.807, 2.05) is 24.0 Å². The van der Waals surface area contributed by atoms with E-state index < -0.39 is 0 Å². The topological polar surface area (TPSA) is 38.0 Å². The van der Waals surface area contributed by atoms with E-state index in [0.717, 1.165) is 17.0 Å². The maximum atomic E-state index is 8.64. The van der Waals surface area contributed by atoms with Crippen LogP contribution in [0.15, 0.2) is 22.5 Å². The van der Waals surface area contributed by atoms with Gasteiger partial charge in [-0.3, -0.25) is 4.68 Å². The molecule has 94 valence electrons. The molecule has 5 heteroatoms. The predicted molar refractivity (Wildman–Crippen MR) is 75.8 cm³/mol. The molecule has 0 aliphatic rings. The summed E-state index contributed by atoms with van der Waals surface area (Å²) >= 11 is 3.47. The minimum Gasteiger partial charge on any atom is -0.384 e. The fraction of sp³-hybridized carbons (Fsp3) is 0.308. The van der Waals surface area contributed by atoms with Crippen molar-refractivity contribution < 1.29 is 5.11 Å². The van der Waals surface area contributed by atoms with Crippen molar-refractivity contribution >= 4 is 23.1 Å². The Bertz CT molecular complexity index is 590. The summed E-state index contributed by atoms with van der Waals surface area (Å²) in [7, 11) is 1.96. The molecule has 2 rings (SSSR count). The van der Waals surface area contributed by atoms with E-state index in [2.05, 4.69) is 29.1 Å². The summed E-state index contributed by atoms with van der Waals surface area (Å²) in [5, 5.41) is 16.1. The van der Waals surface area contributed by atoms with Crippen molar-refractivity contribution in [3.05, 3.63) is 33.6 Å². The number of thioether (sulfide) groups is 1. The van der Waals surface area contributed by atoms with Gasteiger partial charge in [0.15, 0.2) is 0 Å². The van der Waals surface area contributed by atoms with Gasteiger partial charge in [-0.05, 0) is 19.1 Å². The summed E-state index contributed by atoms with van der Waals surface area (Å²) in [6, 6.07) is 4.16. The van der Waals surface area contributed by atoms with Crippen LogP contribution < -0.4 is 0 Å². The molecule has 0 spiro atoms. The Labute approximate surface area is 115 Å². The summed E-state index contributed by atoms with van der Waals surface area (Å²) in [4.78, 5) is 1.28. The number of rotatable bonds is 3. The Morgan fingerprint density at radius 3 is 3.00 bits per heavy atom. The third kappa shape index (κ3) is 3.39. The third-order valence-corrected chi connectivity index (χ3v) is 4.54. The molecule has 0 amide bonds. The number of aromatic nitrogens is 2. The van der Waals surface area contributed by atoms with Gasteiger partial charge in [0.25, 0.3) is 0 Å². The fourth-order valence-electron chi connectivity index (χ4n) is 1.53. The molecule has 0 aliphatic carbocycles. The first-order valence-electron chi connectivity index (χ1n) is 5.49. The zero-order valence-electron chi connectivity index (χ0n) is 10.3. The average Bonchev–Trinajstić information content (AvgIpc) is 2.91. The lowest BCUT2D eigenvalue weighted by Crippen LogP contribution is -1.92. The van der Waals surface area contributed by atoms with Crippen LogP contribution in [0.1, 0.15) is 16.1 Å². The van der Waals surface area contributed by atoms with Crippen LogP contribution in [-0.4, -0.2) is 21.5 Å². The van der Waals surface area contributed by atoms with Gasteiger partial charge in [-0.1, -0.05) is 11.8 Å². The second-order valence-corrected chi connectivity index (χ2v) is 5.79. The largest absolute Gasteiger partial charge is 0.384 e. The van der Waals surface area contributed by atoms with Crippen LogP contribution in [-0.2, 0) is 12.8 Å². The van der Waals surface area contributed by atoms with Gasteiger partial charge >= 0.3 is 0 Å². The van der Waals surface area contributed by atoms with Crippen LogP contribution in [0.4, 0.5) is 0 Å². The van der Waals surface area contributed by atoms with Crippen LogP contribution in [0, 0.1) is 18.8 Å². The van der Waals surface area contributed by atoms with Gasteiger partial charge in [0.1, 0.15) is 6.61 Å². The maximum absolute atomic E-state index is 8.64. The molecule has 0 aromatic carbocycles.